The number of phenols is 1. The first kappa shape index (κ1) is 16.4. The summed E-state index contributed by atoms with van der Waals surface area (Å²) < 4.78 is 11.1. The Hall–Kier alpha value is -3.12. The van der Waals surface area contributed by atoms with Crippen molar-refractivity contribution in [3.8, 4) is 17.2 Å². The summed E-state index contributed by atoms with van der Waals surface area (Å²) in [6.07, 6.45) is -1.33. The summed E-state index contributed by atoms with van der Waals surface area (Å²) >= 11 is 0. The quantitative estimate of drug-likeness (QED) is 0.541. The third-order valence-electron chi connectivity index (χ3n) is 4.50. The molecule has 1 unspecified atom stereocenters. The number of hydrogen-bond donors (Lipinski definition) is 2. The van der Waals surface area contributed by atoms with Gasteiger partial charge in [-0.05, 0) is 18.2 Å². The molecule has 1 aliphatic heterocycles. The van der Waals surface area contributed by atoms with E-state index in [0.717, 1.165) is 0 Å². The van der Waals surface area contributed by atoms with Gasteiger partial charge in [-0.3, -0.25) is 4.79 Å². The molecule has 0 saturated carbocycles. The average molecular weight is 352 g/mol. The molecule has 132 valence electrons. The van der Waals surface area contributed by atoms with Gasteiger partial charge in [0, 0.05) is 17.5 Å². The van der Waals surface area contributed by atoms with E-state index in [1.54, 1.807) is 38.1 Å². The molecule has 0 radical (unpaired) electrons. The second kappa shape index (κ2) is 5.71. The molecule has 2 heterocycles. The van der Waals surface area contributed by atoms with E-state index in [1.807, 2.05) is 0 Å². The Morgan fingerprint density at radius 2 is 1.92 bits per heavy atom. The molecule has 1 atom stereocenters. The van der Waals surface area contributed by atoms with Crippen LogP contribution >= 0.6 is 0 Å². The second-order valence-electron chi connectivity index (χ2n) is 6.56. The van der Waals surface area contributed by atoms with Crippen molar-refractivity contribution >= 4 is 16.8 Å². The van der Waals surface area contributed by atoms with E-state index in [2.05, 4.69) is 0 Å². The molecule has 4 rings (SSSR count). The molecular weight excluding hydrogens is 336 g/mol. The molecule has 0 fully saturated rings. The van der Waals surface area contributed by atoms with E-state index in [-0.39, 0.29) is 45.6 Å². The molecule has 6 nitrogen and oxygen atoms in total. The van der Waals surface area contributed by atoms with Gasteiger partial charge in [0.1, 0.15) is 28.7 Å². The fraction of sp³-hybridized carbons (Fsp3) is 0.200. The van der Waals surface area contributed by atoms with E-state index >= 15 is 0 Å². The number of rotatable bonds is 2. The van der Waals surface area contributed by atoms with Gasteiger partial charge in [0.05, 0.1) is 10.9 Å². The fourth-order valence-electron chi connectivity index (χ4n) is 3.14. The van der Waals surface area contributed by atoms with Crippen LogP contribution in [0.2, 0.25) is 0 Å². The smallest absolute Gasteiger partial charge is 0.346 e. The van der Waals surface area contributed by atoms with E-state index < -0.39 is 11.7 Å². The molecule has 2 aromatic carbocycles. The highest BCUT2D eigenvalue weighted by Gasteiger charge is 2.33. The van der Waals surface area contributed by atoms with Gasteiger partial charge in [0.25, 0.3) is 0 Å². The number of Topliss-reactive ketones (excluding diaryl/α,β-unsaturated/α-hetero) is 1. The molecule has 1 aliphatic rings. The number of hydrogen-bond acceptors (Lipinski definition) is 6. The van der Waals surface area contributed by atoms with Gasteiger partial charge in [-0.1, -0.05) is 26.0 Å². The zero-order chi connectivity index (χ0) is 18.6. The summed E-state index contributed by atoms with van der Waals surface area (Å²) in [5.74, 6) is -0.445. The summed E-state index contributed by atoms with van der Waals surface area (Å²) in [5.41, 5.74) is -0.0777. The lowest BCUT2D eigenvalue weighted by molar-refractivity contribution is 0.0936. The number of aliphatic hydroxyl groups excluding tert-OH is 1. The van der Waals surface area contributed by atoms with Crippen molar-refractivity contribution in [2.75, 3.05) is 0 Å². The topological polar surface area (TPSA) is 97.0 Å². The minimum atomic E-state index is -1.33. The average Bonchev–Trinajstić information content (AvgIpc) is 2.60. The van der Waals surface area contributed by atoms with Crippen LogP contribution in [0.15, 0.2) is 45.6 Å². The number of ether oxygens (including phenoxy) is 1. The second-order valence-corrected chi connectivity index (χ2v) is 6.56. The van der Waals surface area contributed by atoms with E-state index in [9.17, 15) is 19.8 Å². The zero-order valence-corrected chi connectivity index (χ0v) is 14.1. The molecular formula is C20H16O6. The van der Waals surface area contributed by atoms with Gasteiger partial charge in [0.15, 0.2) is 11.5 Å². The largest absolute Gasteiger partial charge is 0.507 e. The molecule has 6 heteroatoms. The first-order chi connectivity index (χ1) is 12.4. The molecule has 0 spiro atoms. The van der Waals surface area contributed by atoms with E-state index in [1.165, 1.54) is 12.1 Å². The van der Waals surface area contributed by atoms with Gasteiger partial charge in [-0.15, -0.1) is 0 Å². The Balaban J connectivity index is 1.95. The Labute approximate surface area is 148 Å². The van der Waals surface area contributed by atoms with E-state index in [0.29, 0.717) is 11.0 Å². The number of benzene rings is 2. The Kier molecular flexibility index (Phi) is 3.59. The maximum absolute atomic E-state index is 12.4. The van der Waals surface area contributed by atoms with Crippen LogP contribution in [0.25, 0.3) is 11.0 Å². The number of para-hydroxylation sites is 1. The van der Waals surface area contributed by atoms with Gasteiger partial charge in [-0.2, -0.15) is 0 Å². The molecule has 0 bridgehead atoms. The summed E-state index contributed by atoms with van der Waals surface area (Å²) in [4.78, 5) is 24.7. The van der Waals surface area contributed by atoms with Gasteiger partial charge >= 0.3 is 5.63 Å². The number of carbonyl (C=O) groups excluding carboxylic acids is 1. The van der Waals surface area contributed by atoms with Crippen molar-refractivity contribution in [3.63, 3.8) is 0 Å². The van der Waals surface area contributed by atoms with Crippen molar-refractivity contribution in [2.24, 2.45) is 5.92 Å². The summed E-state index contributed by atoms with van der Waals surface area (Å²) in [5, 5.41) is 21.5. The van der Waals surface area contributed by atoms with Gasteiger partial charge < -0.3 is 19.4 Å². The van der Waals surface area contributed by atoms with Gasteiger partial charge in [0.2, 0.25) is 0 Å². The van der Waals surface area contributed by atoms with Crippen LogP contribution in [0.1, 0.15) is 41.4 Å². The highest BCUT2D eigenvalue weighted by molar-refractivity contribution is 6.00. The Bertz CT molecular complexity index is 1110. The third kappa shape index (κ3) is 2.30. The summed E-state index contributed by atoms with van der Waals surface area (Å²) in [7, 11) is 0. The predicted molar refractivity (Wildman–Crippen MR) is 93.9 cm³/mol. The first-order valence-electron chi connectivity index (χ1n) is 8.21. The SMILES string of the molecule is CC(C)C(=O)c1cc2c(cc1O)Oc1c(c(=O)oc3ccccc13)C2O. The summed E-state index contributed by atoms with van der Waals surface area (Å²) in [6, 6.07) is 9.49. The fourth-order valence-corrected chi connectivity index (χ4v) is 3.14. The molecule has 3 aromatic rings. The molecule has 1 aromatic heterocycles. The lowest BCUT2D eigenvalue weighted by Gasteiger charge is -2.25. The van der Waals surface area contributed by atoms with Crippen LogP contribution < -0.4 is 10.4 Å². The van der Waals surface area contributed by atoms with Crippen LogP contribution in [0, 0.1) is 5.92 Å². The number of phenolic OH excluding ortho intramolecular Hbond substituents is 1. The molecule has 0 saturated heterocycles. The molecule has 0 amide bonds. The van der Waals surface area contributed by atoms with Crippen LogP contribution in [0.4, 0.5) is 0 Å². The summed E-state index contributed by atoms with van der Waals surface area (Å²) in [6.45, 7) is 3.43. The lowest BCUT2D eigenvalue weighted by atomic mass is 9.92. The van der Waals surface area contributed by atoms with Gasteiger partial charge in [-0.25, -0.2) is 4.79 Å². The maximum atomic E-state index is 12.4. The number of carbonyl (C=O) groups is 1. The van der Waals surface area contributed by atoms with Crippen molar-refractivity contribution in [1.29, 1.82) is 0 Å². The minimum Gasteiger partial charge on any atom is -0.507 e. The normalized spacial score (nSPS) is 15.5. The van der Waals surface area contributed by atoms with Crippen LogP contribution in [0.5, 0.6) is 17.2 Å². The van der Waals surface area contributed by atoms with Crippen molar-refractivity contribution in [1.82, 2.24) is 0 Å². The monoisotopic (exact) mass is 352 g/mol. The van der Waals surface area contributed by atoms with Crippen LogP contribution in [-0.2, 0) is 0 Å². The van der Waals surface area contributed by atoms with Crippen LogP contribution in [-0.4, -0.2) is 16.0 Å². The molecule has 2 N–H and O–H groups in total. The van der Waals surface area contributed by atoms with Crippen molar-refractivity contribution in [3.05, 3.63) is 63.5 Å². The van der Waals surface area contributed by atoms with Crippen molar-refractivity contribution < 1.29 is 24.2 Å². The number of aromatic hydroxyl groups is 1. The predicted octanol–water partition coefficient (Wildman–Crippen LogP) is 3.52. The zero-order valence-electron chi connectivity index (χ0n) is 14.1. The standard InChI is InChI=1S/C20H16O6/c1-9(2)17(22)11-7-12-15(8-13(11)21)25-19-10-5-3-4-6-14(10)26-20(24)16(19)18(12)23/h3-9,18,21,23H,1-2H3. The molecule has 26 heavy (non-hydrogen) atoms. The van der Waals surface area contributed by atoms with Crippen LogP contribution in [0.3, 0.4) is 0 Å². The highest BCUT2D eigenvalue weighted by atomic mass is 16.5. The number of fused-ring (bicyclic) bond motifs is 4. The highest BCUT2D eigenvalue weighted by Crippen LogP contribution is 2.46. The first-order valence-corrected chi connectivity index (χ1v) is 8.21. The lowest BCUT2D eigenvalue weighted by Crippen LogP contribution is -2.20. The molecule has 0 aliphatic carbocycles. The minimum absolute atomic E-state index is 0.0233. The maximum Gasteiger partial charge on any atom is 0.346 e. The van der Waals surface area contributed by atoms with Crippen molar-refractivity contribution in [2.45, 2.75) is 20.0 Å². The number of aliphatic hydroxyl groups is 1. The third-order valence-corrected chi connectivity index (χ3v) is 4.50. The van der Waals surface area contributed by atoms with E-state index in [4.69, 9.17) is 9.15 Å². The number of ketones is 1. The Morgan fingerprint density at radius 3 is 2.65 bits per heavy atom. The Morgan fingerprint density at radius 1 is 1.19 bits per heavy atom.